The van der Waals surface area contributed by atoms with Gasteiger partial charge in [-0.25, -0.2) is 0 Å². The molecular weight excluding hydrogens is 220 g/mol. The second-order valence-corrected chi connectivity index (χ2v) is 4.62. The Hall–Kier alpha value is -2.09. The van der Waals surface area contributed by atoms with Crippen molar-refractivity contribution < 1.29 is 0 Å². The van der Waals surface area contributed by atoms with E-state index in [4.69, 9.17) is 0 Å². The van der Waals surface area contributed by atoms with E-state index < -0.39 is 0 Å². The normalized spacial score (nSPS) is 10.2. The molecule has 0 atom stereocenters. The summed E-state index contributed by atoms with van der Waals surface area (Å²) in [6.07, 6.45) is 0. The Morgan fingerprint density at radius 2 is 1.67 bits per heavy atom. The van der Waals surface area contributed by atoms with Crippen molar-refractivity contribution in [2.24, 2.45) is 5.10 Å². The zero-order chi connectivity index (χ0) is 13.1. The predicted octanol–water partition coefficient (Wildman–Crippen LogP) is 4.31. The highest BCUT2D eigenvalue weighted by Crippen LogP contribution is 2.29. The maximum atomic E-state index is 3.70. The minimum absolute atomic E-state index is 0.960. The van der Waals surface area contributed by atoms with Gasteiger partial charge in [0.15, 0.2) is 0 Å². The molecule has 2 rings (SSSR count). The van der Waals surface area contributed by atoms with Crippen molar-refractivity contribution >= 4 is 12.4 Å². The third-order valence-corrected chi connectivity index (χ3v) is 3.04. The van der Waals surface area contributed by atoms with Gasteiger partial charge >= 0.3 is 0 Å². The largest absolute Gasteiger partial charge is 0.279 e. The van der Waals surface area contributed by atoms with Crippen LogP contribution in [0.4, 0.5) is 5.69 Å². The molecule has 2 nitrogen and oxygen atoms in total. The number of anilines is 1. The van der Waals surface area contributed by atoms with Crippen molar-refractivity contribution in [3.8, 4) is 11.1 Å². The third kappa shape index (κ3) is 2.43. The quantitative estimate of drug-likeness (QED) is 0.625. The average molecular weight is 238 g/mol. The van der Waals surface area contributed by atoms with E-state index in [1.54, 1.807) is 0 Å². The first-order valence-corrected chi connectivity index (χ1v) is 6.02. The van der Waals surface area contributed by atoms with Crippen LogP contribution < -0.4 is 5.43 Å². The van der Waals surface area contributed by atoms with Gasteiger partial charge < -0.3 is 0 Å². The molecule has 0 amide bonds. The molecule has 2 heteroatoms. The Kier molecular flexibility index (Phi) is 3.47. The molecule has 0 radical (unpaired) electrons. The topological polar surface area (TPSA) is 24.4 Å². The number of benzene rings is 2. The van der Waals surface area contributed by atoms with Crippen LogP contribution in [-0.4, -0.2) is 6.72 Å². The summed E-state index contributed by atoms with van der Waals surface area (Å²) >= 11 is 0. The Balaban J connectivity index is 2.54. The fraction of sp³-hybridized carbons (Fsp3) is 0.188. The number of aryl methyl sites for hydroxylation is 3. The summed E-state index contributed by atoms with van der Waals surface area (Å²) < 4.78 is 0. The Morgan fingerprint density at radius 3 is 2.28 bits per heavy atom. The molecule has 0 unspecified atom stereocenters. The molecule has 0 aromatic heterocycles. The monoisotopic (exact) mass is 238 g/mol. The smallest absolute Gasteiger partial charge is 0.0567 e. The summed E-state index contributed by atoms with van der Waals surface area (Å²) in [4.78, 5) is 0. The average Bonchev–Trinajstić information content (AvgIpc) is 2.28. The molecule has 2 aromatic rings. The van der Waals surface area contributed by atoms with Gasteiger partial charge in [-0.05, 0) is 55.2 Å². The summed E-state index contributed by atoms with van der Waals surface area (Å²) in [7, 11) is 0. The highest BCUT2D eigenvalue weighted by Gasteiger charge is 2.07. The Morgan fingerprint density at radius 1 is 1.00 bits per heavy atom. The van der Waals surface area contributed by atoms with E-state index in [1.807, 2.05) is 12.1 Å². The lowest BCUT2D eigenvalue weighted by Gasteiger charge is -2.12. The highest BCUT2D eigenvalue weighted by molar-refractivity contribution is 5.74. The first-order chi connectivity index (χ1) is 8.61. The SMILES string of the molecule is C=NNc1cccc(-c2c(C)cc(C)cc2C)c1. The molecule has 0 aliphatic rings. The Labute approximate surface area is 108 Å². The van der Waals surface area contributed by atoms with Crippen molar-refractivity contribution in [2.45, 2.75) is 20.8 Å². The molecule has 0 saturated heterocycles. The van der Waals surface area contributed by atoms with Gasteiger partial charge in [-0.2, -0.15) is 5.10 Å². The lowest BCUT2D eigenvalue weighted by atomic mass is 9.94. The van der Waals surface area contributed by atoms with Gasteiger partial charge in [0, 0.05) is 6.72 Å². The van der Waals surface area contributed by atoms with Gasteiger partial charge in [0.1, 0.15) is 0 Å². The van der Waals surface area contributed by atoms with Crippen LogP contribution in [0.1, 0.15) is 16.7 Å². The summed E-state index contributed by atoms with van der Waals surface area (Å²) in [5, 5.41) is 3.70. The van der Waals surface area contributed by atoms with Crippen molar-refractivity contribution in [1.29, 1.82) is 0 Å². The van der Waals surface area contributed by atoms with Crippen LogP contribution in [0.3, 0.4) is 0 Å². The number of rotatable bonds is 3. The summed E-state index contributed by atoms with van der Waals surface area (Å²) in [6, 6.07) is 12.7. The third-order valence-electron chi connectivity index (χ3n) is 3.04. The minimum atomic E-state index is 0.960. The molecule has 0 saturated carbocycles. The van der Waals surface area contributed by atoms with Crippen LogP contribution in [0.25, 0.3) is 11.1 Å². The fourth-order valence-electron chi connectivity index (χ4n) is 2.47. The van der Waals surface area contributed by atoms with Crippen LogP contribution in [0.2, 0.25) is 0 Å². The first kappa shape index (κ1) is 12.4. The number of nitrogens with one attached hydrogen (secondary N) is 1. The van der Waals surface area contributed by atoms with Gasteiger partial charge in [-0.3, -0.25) is 5.43 Å². The lowest BCUT2D eigenvalue weighted by molar-refractivity contribution is 1.31. The van der Waals surface area contributed by atoms with Crippen LogP contribution in [0, 0.1) is 20.8 Å². The van der Waals surface area contributed by atoms with E-state index in [0.29, 0.717) is 0 Å². The maximum absolute atomic E-state index is 3.70. The molecule has 0 aliphatic heterocycles. The van der Waals surface area contributed by atoms with Crippen LogP contribution in [0.15, 0.2) is 41.5 Å². The molecule has 1 N–H and O–H groups in total. The molecule has 18 heavy (non-hydrogen) atoms. The van der Waals surface area contributed by atoms with Gasteiger partial charge in [0.2, 0.25) is 0 Å². The molecule has 0 bridgehead atoms. The van der Waals surface area contributed by atoms with Crippen LogP contribution >= 0.6 is 0 Å². The second-order valence-electron chi connectivity index (χ2n) is 4.62. The molecule has 0 spiro atoms. The minimum Gasteiger partial charge on any atom is -0.279 e. The molecule has 92 valence electrons. The van der Waals surface area contributed by atoms with Gasteiger partial charge in [-0.1, -0.05) is 29.8 Å². The van der Waals surface area contributed by atoms with E-state index >= 15 is 0 Å². The zero-order valence-corrected chi connectivity index (χ0v) is 11.1. The van der Waals surface area contributed by atoms with Crippen molar-refractivity contribution in [3.05, 3.63) is 53.1 Å². The molecule has 0 fully saturated rings. The van der Waals surface area contributed by atoms with Crippen molar-refractivity contribution in [2.75, 3.05) is 5.43 Å². The lowest BCUT2D eigenvalue weighted by Crippen LogP contribution is -1.92. The first-order valence-electron chi connectivity index (χ1n) is 6.02. The molecule has 2 aromatic carbocycles. The maximum Gasteiger partial charge on any atom is 0.0567 e. The zero-order valence-electron chi connectivity index (χ0n) is 11.1. The van der Waals surface area contributed by atoms with Crippen LogP contribution in [0.5, 0.6) is 0 Å². The van der Waals surface area contributed by atoms with Gasteiger partial charge in [0.25, 0.3) is 0 Å². The molecular formula is C16H18N2. The van der Waals surface area contributed by atoms with Crippen molar-refractivity contribution in [3.63, 3.8) is 0 Å². The Bertz CT molecular complexity index is 562. The van der Waals surface area contributed by atoms with Gasteiger partial charge in [0.05, 0.1) is 5.69 Å². The van der Waals surface area contributed by atoms with Gasteiger partial charge in [-0.15, -0.1) is 0 Å². The molecule has 0 heterocycles. The van der Waals surface area contributed by atoms with E-state index in [2.05, 4.69) is 62.3 Å². The summed E-state index contributed by atoms with van der Waals surface area (Å²) in [5.41, 5.74) is 10.3. The highest BCUT2D eigenvalue weighted by atomic mass is 15.3. The van der Waals surface area contributed by atoms with E-state index in [1.165, 1.54) is 27.8 Å². The second kappa shape index (κ2) is 5.05. The van der Waals surface area contributed by atoms with E-state index in [9.17, 15) is 0 Å². The van der Waals surface area contributed by atoms with E-state index in [-0.39, 0.29) is 0 Å². The van der Waals surface area contributed by atoms with Crippen molar-refractivity contribution in [1.82, 2.24) is 0 Å². The summed E-state index contributed by atoms with van der Waals surface area (Å²) in [5.74, 6) is 0. The fourth-order valence-corrected chi connectivity index (χ4v) is 2.47. The number of hydrogen-bond donors (Lipinski definition) is 1. The number of nitrogens with zero attached hydrogens (tertiary/aromatic N) is 1. The predicted molar refractivity (Wildman–Crippen MR) is 79.3 cm³/mol. The number of hydrogen-bond acceptors (Lipinski definition) is 2. The standard InChI is InChI=1S/C16H18N2/c1-11-8-12(2)16(13(3)9-11)14-6-5-7-15(10-14)18-17-4/h5-10,18H,4H2,1-3H3. The van der Waals surface area contributed by atoms with E-state index in [0.717, 1.165) is 5.69 Å². The van der Waals surface area contributed by atoms with Crippen LogP contribution in [-0.2, 0) is 0 Å². The summed E-state index contributed by atoms with van der Waals surface area (Å²) in [6.45, 7) is 9.88. The molecule has 0 aliphatic carbocycles. The number of hydrazone groups is 1.